The fraction of sp³-hybridized carbons (Fsp3) is 0.588. The van der Waals surface area contributed by atoms with Gasteiger partial charge in [-0.05, 0) is 23.6 Å². The number of benzene rings is 1. The Hall–Kier alpha value is -1.35. The zero-order valence-corrected chi connectivity index (χ0v) is 13.6. The number of likely N-dealkylation sites (N-methyl/N-ethyl adjacent to an activating group) is 1. The van der Waals surface area contributed by atoms with E-state index in [1.54, 1.807) is 7.05 Å². The summed E-state index contributed by atoms with van der Waals surface area (Å²) in [4.78, 5) is 11.5. The van der Waals surface area contributed by atoms with Crippen LogP contribution in [-0.4, -0.2) is 26.0 Å². The summed E-state index contributed by atoms with van der Waals surface area (Å²) < 4.78 is 0. The molecule has 0 aliphatic heterocycles. The normalized spacial score (nSPS) is 12.3. The first-order valence-electron chi connectivity index (χ1n) is 7.19. The molecule has 0 aliphatic carbocycles. The van der Waals surface area contributed by atoms with Gasteiger partial charge in [-0.25, -0.2) is 0 Å². The molecule has 1 rings (SSSR count). The molecule has 0 spiro atoms. The van der Waals surface area contributed by atoms with Crippen molar-refractivity contribution in [3.8, 4) is 0 Å². The predicted molar refractivity (Wildman–Crippen MR) is 85.1 cm³/mol. The molecule has 3 heteroatoms. The van der Waals surface area contributed by atoms with Gasteiger partial charge < -0.3 is 10.6 Å². The van der Waals surface area contributed by atoms with Crippen molar-refractivity contribution < 1.29 is 4.79 Å². The molecule has 0 aromatic heterocycles. The van der Waals surface area contributed by atoms with Gasteiger partial charge >= 0.3 is 0 Å². The van der Waals surface area contributed by atoms with E-state index in [2.05, 4.69) is 69.5 Å². The van der Waals surface area contributed by atoms with Crippen LogP contribution >= 0.6 is 0 Å². The minimum Gasteiger partial charge on any atom is -0.354 e. The highest BCUT2D eigenvalue weighted by molar-refractivity contribution is 5.78. The number of hydrogen-bond acceptors (Lipinski definition) is 2. The summed E-state index contributed by atoms with van der Waals surface area (Å²) in [6.07, 6.45) is 0. The van der Waals surface area contributed by atoms with E-state index >= 15 is 0 Å². The van der Waals surface area contributed by atoms with Gasteiger partial charge in [-0.15, -0.1) is 0 Å². The van der Waals surface area contributed by atoms with Crippen LogP contribution in [-0.2, 0) is 15.6 Å². The molecule has 0 fully saturated rings. The number of hydrogen-bond donors (Lipinski definition) is 2. The quantitative estimate of drug-likeness (QED) is 0.868. The second-order valence-electron chi connectivity index (χ2n) is 7.02. The van der Waals surface area contributed by atoms with Gasteiger partial charge in [0, 0.05) is 12.0 Å². The monoisotopic (exact) mass is 276 g/mol. The van der Waals surface area contributed by atoms with Crippen LogP contribution < -0.4 is 10.6 Å². The fourth-order valence-electron chi connectivity index (χ4n) is 2.07. The number of carbonyl (C=O) groups is 1. The van der Waals surface area contributed by atoms with Crippen molar-refractivity contribution in [2.45, 2.75) is 45.4 Å². The maximum Gasteiger partial charge on any atom is 0.233 e. The van der Waals surface area contributed by atoms with Crippen molar-refractivity contribution in [2.75, 3.05) is 20.1 Å². The highest BCUT2D eigenvalue weighted by Crippen LogP contribution is 2.27. The van der Waals surface area contributed by atoms with Crippen LogP contribution in [0.2, 0.25) is 0 Å². The number of rotatable bonds is 5. The molecular weight excluding hydrogens is 248 g/mol. The SMILES string of the molecule is CNCC(=O)NCC(C)(C)c1ccc(C(C)(C)C)cc1. The summed E-state index contributed by atoms with van der Waals surface area (Å²) in [5.41, 5.74) is 2.68. The van der Waals surface area contributed by atoms with E-state index in [1.807, 2.05) is 0 Å². The highest BCUT2D eigenvalue weighted by Gasteiger charge is 2.22. The second kappa shape index (κ2) is 6.40. The molecule has 3 nitrogen and oxygen atoms in total. The van der Waals surface area contributed by atoms with Gasteiger partial charge in [-0.2, -0.15) is 0 Å². The molecule has 0 bridgehead atoms. The van der Waals surface area contributed by atoms with E-state index < -0.39 is 0 Å². The molecule has 0 unspecified atom stereocenters. The third kappa shape index (κ3) is 4.64. The van der Waals surface area contributed by atoms with Gasteiger partial charge in [-0.1, -0.05) is 58.9 Å². The molecule has 112 valence electrons. The van der Waals surface area contributed by atoms with Gasteiger partial charge in [0.2, 0.25) is 5.91 Å². The molecule has 1 aromatic carbocycles. The maximum absolute atomic E-state index is 11.5. The Kier molecular flexibility index (Phi) is 5.35. The lowest BCUT2D eigenvalue weighted by molar-refractivity contribution is -0.120. The summed E-state index contributed by atoms with van der Waals surface area (Å²) in [7, 11) is 1.77. The minimum absolute atomic E-state index is 0.0342. The van der Waals surface area contributed by atoms with Crippen molar-refractivity contribution in [3.63, 3.8) is 0 Å². The Balaban J connectivity index is 2.75. The van der Waals surface area contributed by atoms with Crippen molar-refractivity contribution in [3.05, 3.63) is 35.4 Å². The van der Waals surface area contributed by atoms with E-state index in [0.717, 1.165) is 0 Å². The number of nitrogens with one attached hydrogen (secondary N) is 2. The van der Waals surface area contributed by atoms with Crippen molar-refractivity contribution in [2.24, 2.45) is 0 Å². The number of carbonyl (C=O) groups excluding carboxylic acids is 1. The summed E-state index contributed by atoms with van der Waals surface area (Å²) in [6.45, 7) is 11.9. The first-order valence-corrected chi connectivity index (χ1v) is 7.19. The highest BCUT2D eigenvalue weighted by atomic mass is 16.1. The maximum atomic E-state index is 11.5. The molecule has 1 aromatic rings. The summed E-state index contributed by atoms with van der Waals surface area (Å²) in [5, 5.41) is 5.82. The van der Waals surface area contributed by atoms with Gasteiger partial charge in [0.1, 0.15) is 0 Å². The van der Waals surface area contributed by atoms with Crippen molar-refractivity contribution >= 4 is 5.91 Å². The van der Waals surface area contributed by atoms with Gasteiger partial charge in [0.15, 0.2) is 0 Å². The average molecular weight is 276 g/mol. The standard InChI is InChI=1S/C17H28N2O/c1-16(2,3)13-7-9-14(10-8-13)17(4,5)12-19-15(20)11-18-6/h7-10,18H,11-12H2,1-6H3,(H,19,20). The molecule has 1 amide bonds. The fourth-order valence-corrected chi connectivity index (χ4v) is 2.07. The minimum atomic E-state index is -0.0696. The van der Waals surface area contributed by atoms with Crippen LogP contribution in [0, 0.1) is 0 Å². The van der Waals surface area contributed by atoms with Crippen LogP contribution in [0.15, 0.2) is 24.3 Å². The summed E-state index contributed by atoms with van der Waals surface area (Å²) in [6, 6.07) is 8.72. The Labute approximate surface area is 123 Å². The van der Waals surface area contributed by atoms with Gasteiger partial charge in [0.25, 0.3) is 0 Å². The largest absolute Gasteiger partial charge is 0.354 e. The lowest BCUT2D eigenvalue weighted by Gasteiger charge is -2.27. The first kappa shape index (κ1) is 16.7. The number of amides is 1. The lowest BCUT2D eigenvalue weighted by Crippen LogP contribution is -2.40. The van der Waals surface area contributed by atoms with Crippen molar-refractivity contribution in [1.29, 1.82) is 0 Å². The Morgan fingerprint density at radius 1 is 1.00 bits per heavy atom. The third-order valence-corrected chi connectivity index (χ3v) is 3.60. The molecule has 0 saturated heterocycles. The van der Waals surface area contributed by atoms with Crippen LogP contribution in [0.5, 0.6) is 0 Å². The smallest absolute Gasteiger partial charge is 0.233 e. The molecule has 2 N–H and O–H groups in total. The van der Waals surface area contributed by atoms with Crippen LogP contribution in [0.3, 0.4) is 0 Å². The van der Waals surface area contributed by atoms with E-state index in [0.29, 0.717) is 13.1 Å². The van der Waals surface area contributed by atoms with E-state index in [4.69, 9.17) is 0 Å². The Bertz CT molecular complexity index is 441. The zero-order valence-electron chi connectivity index (χ0n) is 13.6. The third-order valence-electron chi connectivity index (χ3n) is 3.60. The van der Waals surface area contributed by atoms with E-state index in [1.165, 1.54) is 11.1 Å². The second-order valence-corrected chi connectivity index (χ2v) is 7.02. The van der Waals surface area contributed by atoms with E-state index in [9.17, 15) is 4.79 Å². The molecule has 0 radical (unpaired) electrons. The van der Waals surface area contributed by atoms with Crippen LogP contribution in [0.1, 0.15) is 45.7 Å². The first-order chi connectivity index (χ1) is 9.16. The molecule has 0 atom stereocenters. The molecule has 0 saturated carbocycles. The molecule has 20 heavy (non-hydrogen) atoms. The zero-order chi connectivity index (χ0) is 15.4. The van der Waals surface area contributed by atoms with Crippen LogP contribution in [0.4, 0.5) is 0 Å². The van der Waals surface area contributed by atoms with Gasteiger partial charge in [-0.3, -0.25) is 4.79 Å². The Morgan fingerprint density at radius 3 is 1.95 bits per heavy atom. The molecule has 0 aliphatic rings. The molecule has 0 heterocycles. The van der Waals surface area contributed by atoms with E-state index in [-0.39, 0.29) is 16.7 Å². The van der Waals surface area contributed by atoms with Gasteiger partial charge in [0.05, 0.1) is 6.54 Å². The predicted octanol–water partition coefficient (Wildman–Crippen LogP) is 2.60. The summed E-state index contributed by atoms with van der Waals surface area (Å²) in [5.74, 6) is 0.0342. The molecular formula is C17H28N2O. The average Bonchev–Trinajstić information content (AvgIpc) is 2.36. The lowest BCUT2D eigenvalue weighted by atomic mass is 9.81. The Morgan fingerprint density at radius 2 is 1.50 bits per heavy atom. The van der Waals surface area contributed by atoms with Crippen LogP contribution in [0.25, 0.3) is 0 Å². The van der Waals surface area contributed by atoms with Crippen molar-refractivity contribution in [1.82, 2.24) is 10.6 Å². The topological polar surface area (TPSA) is 41.1 Å². The summed E-state index contributed by atoms with van der Waals surface area (Å²) >= 11 is 0.